The lowest BCUT2D eigenvalue weighted by molar-refractivity contribution is -0.120. The van der Waals surface area contributed by atoms with Crippen LogP contribution in [0.2, 0.25) is 0 Å². The number of nitrogens with zero attached hydrogens (tertiary/aromatic N) is 3. The van der Waals surface area contributed by atoms with Crippen LogP contribution in [0.5, 0.6) is 0 Å². The summed E-state index contributed by atoms with van der Waals surface area (Å²) in [5.41, 5.74) is 18.5. The molecule has 0 saturated heterocycles. The number of nitrogens with two attached hydrogens (primary N) is 2. The predicted octanol–water partition coefficient (Wildman–Crippen LogP) is 6.29. The van der Waals surface area contributed by atoms with E-state index in [9.17, 15) is 14.0 Å². The van der Waals surface area contributed by atoms with E-state index in [1.165, 1.54) is 6.07 Å². The van der Waals surface area contributed by atoms with E-state index < -0.39 is 0 Å². The third kappa shape index (κ3) is 9.61. The molecule has 0 spiro atoms. The molecule has 0 aliphatic rings. The molecule has 0 atom stereocenters. The molecule has 1 heterocycles. The molecule has 0 unspecified atom stereocenters. The summed E-state index contributed by atoms with van der Waals surface area (Å²) < 4.78 is 17.0. The van der Waals surface area contributed by atoms with Crippen molar-refractivity contribution in [2.45, 2.75) is 51.9 Å². The first-order valence-electron chi connectivity index (χ1n) is 17.8. The molecule has 0 aliphatic carbocycles. The minimum absolute atomic E-state index is 0.0246. The average molecular weight is 710 g/mol. The summed E-state index contributed by atoms with van der Waals surface area (Å²) >= 11 is 0. The van der Waals surface area contributed by atoms with Gasteiger partial charge in [-0.3, -0.25) is 15.0 Å². The van der Waals surface area contributed by atoms with Crippen molar-refractivity contribution in [3.8, 4) is 0 Å². The van der Waals surface area contributed by atoms with E-state index >= 15 is 0 Å². The van der Waals surface area contributed by atoms with E-state index in [-0.39, 0.29) is 36.6 Å². The highest BCUT2D eigenvalue weighted by atomic mass is 19.1. The number of rotatable bonds is 16. The molecule has 0 bridgehead atoms. The van der Waals surface area contributed by atoms with Gasteiger partial charge in [-0.2, -0.15) is 0 Å². The number of amidine groups is 1. The molecule has 6 aromatic rings. The third-order valence-electron chi connectivity index (χ3n) is 9.30. The van der Waals surface area contributed by atoms with E-state index in [2.05, 4.69) is 9.88 Å². The summed E-state index contributed by atoms with van der Waals surface area (Å²) in [6, 6.07) is 37.1. The van der Waals surface area contributed by atoms with Crippen LogP contribution >= 0.6 is 0 Å². The van der Waals surface area contributed by atoms with Gasteiger partial charge >= 0.3 is 0 Å². The van der Waals surface area contributed by atoms with Gasteiger partial charge in [0.25, 0.3) is 5.91 Å². The van der Waals surface area contributed by atoms with Gasteiger partial charge in [0.2, 0.25) is 5.91 Å². The third-order valence-corrected chi connectivity index (χ3v) is 9.30. The number of hydrogen-bond donors (Lipinski definition) is 4. The Hall–Kier alpha value is -6.13. The first-order valence-corrected chi connectivity index (χ1v) is 17.8. The Morgan fingerprint density at radius 2 is 1.45 bits per heavy atom. The van der Waals surface area contributed by atoms with Gasteiger partial charge in [-0.25, -0.2) is 9.37 Å². The number of amides is 2. The van der Waals surface area contributed by atoms with Gasteiger partial charge in [-0.05, 0) is 59.4 Å². The zero-order valence-corrected chi connectivity index (χ0v) is 29.6. The fraction of sp³-hybridized carbons (Fsp3) is 0.209. The van der Waals surface area contributed by atoms with Gasteiger partial charge in [0.1, 0.15) is 17.5 Å². The van der Waals surface area contributed by atoms with E-state index in [1.807, 2.05) is 91.0 Å². The van der Waals surface area contributed by atoms with Gasteiger partial charge in [-0.15, -0.1) is 0 Å². The molecule has 53 heavy (non-hydrogen) atoms. The molecule has 270 valence electrons. The molecule has 6 rings (SSSR count). The molecule has 1 aromatic heterocycles. The SMILES string of the molecule is N=C(N)c1ccc(CCc2nc3cc(C(=O)N(Cc4ccc(CN)cc4)Cc4ccccc4F)ccc3n2CCCNC(=O)Cc2ccccc2)cc1. The Kier molecular flexibility index (Phi) is 12.0. The molecular formula is C43H44FN7O2. The summed E-state index contributed by atoms with van der Waals surface area (Å²) in [6.07, 6.45) is 2.36. The lowest BCUT2D eigenvalue weighted by Gasteiger charge is -2.24. The second-order valence-electron chi connectivity index (χ2n) is 13.1. The Morgan fingerprint density at radius 1 is 0.774 bits per heavy atom. The maximum absolute atomic E-state index is 14.8. The molecule has 10 heteroatoms. The monoisotopic (exact) mass is 709 g/mol. The number of nitrogens with one attached hydrogen (secondary N) is 2. The van der Waals surface area contributed by atoms with Crippen molar-refractivity contribution in [1.82, 2.24) is 19.8 Å². The van der Waals surface area contributed by atoms with Crippen LogP contribution < -0.4 is 16.8 Å². The molecule has 2 amide bonds. The van der Waals surface area contributed by atoms with Crippen molar-refractivity contribution < 1.29 is 14.0 Å². The Bertz CT molecular complexity index is 2180. The Labute approximate surface area is 309 Å². The average Bonchev–Trinajstić information content (AvgIpc) is 3.53. The maximum atomic E-state index is 14.8. The zero-order valence-electron chi connectivity index (χ0n) is 29.6. The number of aromatic nitrogens is 2. The molecule has 9 nitrogen and oxygen atoms in total. The number of halogens is 1. The Balaban J connectivity index is 1.24. The number of carbonyl (C=O) groups is 2. The summed E-state index contributed by atoms with van der Waals surface area (Å²) in [6.45, 7) is 1.92. The summed E-state index contributed by atoms with van der Waals surface area (Å²) in [5.74, 6) is 0.255. The second kappa shape index (κ2) is 17.4. The van der Waals surface area contributed by atoms with Crippen molar-refractivity contribution in [3.05, 3.63) is 172 Å². The largest absolute Gasteiger partial charge is 0.384 e. The van der Waals surface area contributed by atoms with Crippen LogP contribution in [0.25, 0.3) is 11.0 Å². The molecule has 0 saturated carbocycles. The fourth-order valence-corrected chi connectivity index (χ4v) is 6.38. The normalized spacial score (nSPS) is 11.1. The number of hydrogen-bond acceptors (Lipinski definition) is 5. The fourth-order valence-electron chi connectivity index (χ4n) is 6.38. The number of fused-ring (bicyclic) bond motifs is 1. The molecule has 0 radical (unpaired) electrons. The number of imidazole rings is 1. The molecule has 6 N–H and O–H groups in total. The predicted molar refractivity (Wildman–Crippen MR) is 207 cm³/mol. The quantitative estimate of drug-likeness (QED) is 0.0531. The highest BCUT2D eigenvalue weighted by molar-refractivity contribution is 5.97. The summed E-state index contributed by atoms with van der Waals surface area (Å²) in [7, 11) is 0. The first-order chi connectivity index (χ1) is 25.8. The van der Waals surface area contributed by atoms with E-state index in [4.69, 9.17) is 21.9 Å². The Morgan fingerprint density at radius 3 is 2.17 bits per heavy atom. The van der Waals surface area contributed by atoms with E-state index in [0.717, 1.165) is 33.6 Å². The molecule has 0 fully saturated rings. The summed E-state index contributed by atoms with van der Waals surface area (Å²) in [5, 5.41) is 10.7. The van der Waals surface area contributed by atoms with Crippen molar-refractivity contribution in [2.75, 3.05) is 6.54 Å². The summed E-state index contributed by atoms with van der Waals surface area (Å²) in [4.78, 5) is 33.5. The highest BCUT2D eigenvalue weighted by Crippen LogP contribution is 2.23. The standard InChI is InChI=1S/C43H44FN7O2/c44-37-10-5-4-9-36(37)29-50(28-33-13-11-32(27-45)12-14-33)43(53)35-20-21-39-38(26-35)49-40(22-17-30-15-18-34(19-16-30)42(46)47)51(39)24-6-23-48-41(52)25-31-7-2-1-3-8-31/h1-5,7-16,18-21,26H,6,17,22-25,27-29,45H2,(H3,46,47)(H,48,52). The molecule has 0 aliphatic heterocycles. The zero-order chi connectivity index (χ0) is 37.2. The van der Waals surface area contributed by atoms with E-state index in [1.54, 1.807) is 29.2 Å². The van der Waals surface area contributed by atoms with Crippen molar-refractivity contribution in [2.24, 2.45) is 11.5 Å². The van der Waals surface area contributed by atoms with Gasteiger partial charge in [0.05, 0.1) is 17.5 Å². The van der Waals surface area contributed by atoms with E-state index in [0.29, 0.717) is 67.5 Å². The number of aryl methyl sites for hydroxylation is 3. The number of benzene rings is 5. The van der Waals surface area contributed by atoms with Gasteiger partial charge in [0.15, 0.2) is 0 Å². The van der Waals surface area contributed by atoms with Crippen LogP contribution in [0.1, 0.15) is 56.0 Å². The minimum Gasteiger partial charge on any atom is -0.384 e. The van der Waals surface area contributed by atoms with Gasteiger partial charge in [0, 0.05) is 55.8 Å². The van der Waals surface area contributed by atoms with Crippen LogP contribution in [0.3, 0.4) is 0 Å². The smallest absolute Gasteiger partial charge is 0.254 e. The van der Waals surface area contributed by atoms with Crippen molar-refractivity contribution >= 4 is 28.7 Å². The van der Waals surface area contributed by atoms with Gasteiger partial charge < -0.3 is 26.3 Å². The van der Waals surface area contributed by atoms with Crippen LogP contribution in [0.4, 0.5) is 4.39 Å². The van der Waals surface area contributed by atoms with Crippen molar-refractivity contribution in [3.63, 3.8) is 0 Å². The number of carbonyl (C=O) groups excluding carboxylic acids is 2. The lowest BCUT2D eigenvalue weighted by atomic mass is 10.1. The first kappa shape index (κ1) is 36.7. The van der Waals surface area contributed by atoms with Crippen LogP contribution in [0, 0.1) is 11.2 Å². The molecular weight excluding hydrogens is 666 g/mol. The highest BCUT2D eigenvalue weighted by Gasteiger charge is 2.21. The topological polar surface area (TPSA) is 143 Å². The number of nitrogen functional groups attached to an aromatic ring is 1. The molecule has 5 aromatic carbocycles. The van der Waals surface area contributed by atoms with Crippen LogP contribution in [-0.2, 0) is 50.2 Å². The van der Waals surface area contributed by atoms with Gasteiger partial charge in [-0.1, -0.05) is 97.1 Å². The maximum Gasteiger partial charge on any atom is 0.254 e. The second-order valence-corrected chi connectivity index (χ2v) is 13.1. The van der Waals surface area contributed by atoms with Crippen LogP contribution in [-0.4, -0.2) is 38.6 Å². The minimum atomic E-state index is -0.366. The van der Waals surface area contributed by atoms with Crippen LogP contribution in [0.15, 0.2) is 121 Å². The van der Waals surface area contributed by atoms with Crippen molar-refractivity contribution in [1.29, 1.82) is 5.41 Å². The lowest BCUT2D eigenvalue weighted by Crippen LogP contribution is -2.30.